The second-order valence-electron chi connectivity index (χ2n) is 15.0. The van der Waals surface area contributed by atoms with Gasteiger partial charge < -0.3 is 38.7 Å². The van der Waals surface area contributed by atoms with Gasteiger partial charge in [-0.3, -0.25) is 9.59 Å². The van der Waals surface area contributed by atoms with Crippen molar-refractivity contribution in [3.05, 3.63) is 99.9 Å². The lowest BCUT2D eigenvalue weighted by molar-refractivity contribution is -0.154. The number of ether oxygens (including phenoxy) is 4. The summed E-state index contributed by atoms with van der Waals surface area (Å²) < 4.78 is 27.1. The molecule has 1 amide bonds. The van der Waals surface area contributed by atoms with E-state index in [1.807, 2.05) is 48.5 Å². The molecule has 1 aromatic heterocycles. The molecule has 56 heavy (non-hydrogen) atoms. The van der Waals surface area contributed by atoms with E-state index in [9.17, 15) is 33.9 Å². The Morgan fingerprint density at radius 3 is 1.95 bits per heavy atom. The van der Waals surface area contributed by atoms with Gasteiger partial charge in [-0.1, -0.05) is 48.5 Å². The van der Waals surface area contributed by atoms with Gasteiger partial charge in [-0.05, 0) is 87.7 Å². The molecular formula is C41H44N2O12S. The topological polar surface area (TPSA) is 188 Å². The first-order valence-corrected chi connectivity index (χ1v) is 18.7. The number of nitrogens with zero attached hydrogens (tertiary/aromatic N) is 1. The summed E-state index contributed by atoms with van der Waals surface area (Å²) >= 11 is 0.526. The summed E-state index contributed by atoms with van der Waals surface area (Å²) in [6, 6.07) is 19.9. The standard InChI is InChI=1S/C41H44N2O12S/c1-40(2,3)54-35(45)19-43(20-36(46)55-41(4,5)6)25-15-16-26-24(17-34(44)53-33(26)18-25)21-52-39(50)56-23-32(37(47)48)42-38(49)51-22-31-29-13-9-7-11-27(29)28-12-8-10-14-30(28)31/h7-18,31-32H,19-23H2,1-6H3,(H,42,49)(H,47,48)/t32-/m0/s1. The Labute approximate surface area is 327 Å². The Bertz CT molecular complexity index is 2110. The Morgan fingerprint density at radius 1 is 0.821 bits per heavy atom. The third kappa shape index (κ3) is 11.1. The first kappa shape index (κ1) is 41.3. The summed E-state index contributed by atoms with van der Waals surface area (Å²) in [6.07, 6.45) is -0.953. The average Bonchev–Trinajstić information content (AvgIpc) is 3.42. The zero-order valence-electron chi connectivity index (χ0n) is 31.9. The van der Waals surface area contributed by atoms with Crippen molar-refractivity contribution in [1.29, 1.82) is 0 Å². The quantitative estimate of drug-likeness (QED) is 0.0833. The number of anilines is 1. The fraction of sp³-hybridized carbons (Fsp3) is 0.366. The summed E-state index contributed by atoms with van der Waals surface area (Å²) in [4.78, 5) is 77.0. The number of nitrogens with one attached hydrogen (secondary N) is 1. The second kappa shape index (κ2) is 17.3. The van der Waals surface area contributed by atoms with Gasteiger partial charge in [0, 0.05) is 40.4 Å². The van der Waals surface area contributed by atoms with Gasteiger partial charge in [-0.25, -0.2) is 19.2 Å². The maximum Gasteiger partial charge on any atom is 0.407 e. The molecule has 3 aromatic carbocycles. The highest BCUT2D eigenvalue weighted by molar-refractivity contribution is 8.13. The van der Waals surface area contributed by atoms with Crippen LogP contribution in [0.5, 0.6) is 0 Å². The number of benzene rings is 3. The number of carboxylic acid groups (broad SMARTS) is 1. The van der Waals surface area contributed by atoms with E-state index >= 15 is 0 Å². The van der Waals surface area contributed by atoms with Crippen LogP contribution in [0.1, 0.15) is 64.2 Å². The number of alkyl carbamates (subject to hydrolysis) is 1. The minimum absolute atomic E-state index is 0.0204. The monoisotopic (exact) mass is 788 g/mol. The van der Waals surface area contributed by atoms with E-state index in [1.165, 1.54) is 11.0 Å². The van der Waals surface area contributed by atoms with E-state index < -0.39 is 52.2 Å². The van der Waals surface area contributed by atoms with Crippen LogP contribution in [0.4, 0.5) is 15.3 Å². The van der Waals surface area contributed by atoms with Crippen molar-refractivity contribution in [2.45, 2.75) is 71.3 Å². The van der Waals surface area contributed by atoms with E-state index in [1.54, 1.807) is 53.7 Å². The molecular weight excluding hydrogens is 745 g/mol. The molecule has 0 bridgehead atoms. The molecule has 0 saturated carbocycles. The van der Waals surface area contributed by atoms with Crippen LogP contribution < -0.4 is 15.8 Å². The number of hydrogen-bond acceptors (Lipinski definition) is 13. The highest BCUT2D eigenvalue weighted by Crippen LogP contribution is 2.44. The van der Waals surface area contributed by atoms with Crippen molar-refractivity contribution in [2.24, 2.45) is 0 Å². The second-order valence-corrected chi connectivity index (χ2v) is 16.0. The SMILES string of the molecule is CC(C)(C)OC(=O)CN(CC(=O)OC(C)(C)C)c1ccc2c(COC(=O)SC[C@H](NC(=O)OCC3c4ccccc4-c4ccccc43)C(=O)O)cc(=O)oc2c1. The van der Waals surface area contributed by atoms with Crippen molar-refractivity contribution in [3.63, 3.8) is 0 Å². The van der Waals surface area contributed by atoms with Crippen LogP contribution in [-0.4, -0.2) is 77.1 Å². The number of carboxylic acids is 1. The molecule has 5 rings (SSSR count). The van der Waals surface area contributed by atoms with Crippen LogP contribution >= 0.6 is 11.8 Å². The van der Waals surface area contributed by atoms with Crippen molar-refractivity contribution in [2.75, 3.05) is 30.3 Å². The largest absolute Gasteiger partial charge is 0.480 e. The molecule has 0 saturated heterocycles. The minimum Gasteiger partial charge on any atom is -0.480 e. The number of carbonyl (C=O) groups excluding carboxylic acids is 4. The van der Waals surface area contributed by atoms with Crippen molar-refractivity contribution < 1.29 is 52.4 Å². The van der Waals surface area contributed by atoms with Crippen molar-refractivity contribution >= 4 is 57.7 Å². The Balaban J connectivity index is 1.20. The Morgan fingerprint density at radius 2 is 1.39 bits per heavy atom. The number of fused-ring (bicyclic) bond motifs is 4. The number of rotatable bonds is 13. The molecule has 0 radical (unpaired) electrons. The Hall–Kier alpha value is -5.83. The van der Waals surface area contributed by atoms with Crippen LogP contribution in [0.25, 0.3) is 22.1 Å². The molecule has 2 N–H and O–H groups in total. The molecule has 0 unspecified atom stereocenters. The maximum absolute atomic E-state index is 12.8. The first-order chi connectivity index (χ1) is 26.4. The number of esters is 2. The molecule has 14 nitrogen and oxygen atoms in total. The summed E-state index contributed by atoms with van der Waals surface area (Å²) in [6.45, 7) is 9.29. The first-order valence-electron chi connectivity index (χ1n) is 17.8. The third-order valence-electron chi connectivity index (χ3n) is 8.31. The Kier molecular flexibility index (Phi) is 12.8. The molecule has 4 aromatic rings. The van der Waals surface area contributed by atoms with Gasteiger partial charge in [-0.2, -0.15) is 0 Å². The lowest BCUT2D eigenvalue weighted by Crippen LogP contribution is -2.43. The van der Waals surface area contributed by atoms with Gasteiger partial charge in [0.25, 0.3) is 0 Å². The van der Waals surface area contributed by atoms with E-state index in [4.69, 9.17) is 23.4 Å². The number of thioether (sulfide) groups is 1. The van der Waals surface area contributed by atoms with Gasteiger partial charge in [0.15, 0.2) is 0 Å². The normalized spacial score (nSPS) is 12.9. The predicted molar refractivity (Wildman–Crippen MR) is 209 cm³/mol. The molecule has 1 aliphatic rings. The van der Waals surface area contributed by atoms with Gasteiger partial charge in [0.2, 0.25) is 0 Å². The predicted octanol–water partition coefficient (Wildman–Crippen LogP) is 6.64. The molecule has 1 atom stereocenters. The lowest BCUT2D eigenvalue weighted by Gasteiger charge is -2.27. The van der Waals surface area contributed by atoms with Gasteiger partial charge in [-0.15, -0.1) is 0 Å². The number of amides is 1. The maximum atomic E-state index is 12.8. The molecule has 1 heterocycles. The van der Waals surface area contributed by atoms with Gasteiger partial charge in [0.05, 0.1) is 0 Å². The van der Waals surface area contributed by atoms with Crippen LogP contribution in [0, 0.1) is 0 Å². The number of aliphatic carboxylic acids is 1. The molecule has 296 valence electrons. The van der Waals surface area contributed by atoms with Crippen LogP contribution in [0.15, 0.2) is 82.0 Å². The van der Waals surface area contributed by atoms with Gasteiger partial charge >= 0.3 is 34.9 Å². The van der Waals surface area contributed by atoms with Crippen molar-refractivity contribution in [3.8, 4) is 11.1 Å². The number of hydrogen-bond donors (Lipinski definition) is 2. The summed E-state index contributed by atoms with van der Waals surface area (Å²) in [5.74, 6) is -3.17. The average molecular weight is 789 g/mol. The van der Waals surface area contributed by atoms with Crippen LogP contribution in [0.2, 0.25) is 0 Å². The fourth-order valence-electron chi connectivity index (χ4n) is 6.12. The van der Waals surface area contributed by atoms with E-state index in [0.29, 0.717) is 22.8 Å². The summed E-state index contributed by atoms with van der Waals surface area (Å²) in [5.41, 5.74) is 2.51. The van der Waals surface area contributed by atoms with Crippen molar-refractivity contribution in [1.82, 2.24) is 5.32 Å². The van der Waals surface area contributed by atoms with Crippen LogP contribution in [0.3, 0.4) is 0 Å². The zero-order valence-corrected chi connectivity index (χ0v) is 32.7. The molecule has 0 spiro atoms. The summed E-state index contributed by atoms with van der Waals surface area (Å²) in [7, 11) is 0. The zero-order chi connectivity index (χ0) is 40.8. The molecule has 15 heteroatoms. The van der Waals surface area contributed by atoms with Gasteiger partial charge in [0.1, 0.15) is 49.1 Å². The molecule has 1 aliphatic carbocycles. The highest BCUT2D eigenvalue weighted by atomic mass is 32.2. The number of carbonyl (C=O) groups is 5. The van der Waals surface area contributed by atoms with E-state index in [2.05, 4.69) is 5.32 Å². The summed E-state index contributed by atoms with van der Waals surface area (Å²) in [5, 5.41) is 11.6. The smallest absolute Gasteiger partial charge is 0.407 e. The van der Waals surface area contributed by atoms with E-state index in [-0.39, 0.29) is 49.1 Å². The lowest BCUT2D eigenvalue weighted by atomic mass is 9.98. The fourth-order valence-corrected chi connectivity index (χ4v) is 6.79. The van der Waals surface area contributed by atoms with Crippen LogP contribution in [-0.2, 0) is 39.9 Å². The third-order valence-corrected chi connectivity index (χ3v) is 9.16. The highest BCUT2D eigenvalue weighted by Gasteiger charge is 2.30. The van der Waals surface area contributed by atoms with E-state index in [0.717, 1.165) is 28.3 Å². The molecule has 0 fully saturated rings. The molecule has 0 aliphatic heterocycles. The minimum atomic E-state index is -1.48.